The van der Waals surface area contributed by atoms with Crippen LogP contribution in [-0.2, 0) is 16.2 Å². The number of anilines is 6. The Morgan fingerprint density at radius 3 is 1.25 bits per heavy atom. The Morgan fingerprint density at radius 2 is 0.782 bits per heavy atom. The summed E-state index contributed by atoms with van der Waals surface area (Å²) in [6.07, 6.45) is 0. The molecule has 0 amide bonds. The van der Waals surface area contributed by atoms with Crippen LogP contribution in [-0.4, -0.2) is 6.71 Å². The highest BCUT2D eigenvalue weighted by atomic mass is 15.2. The lowest BCUT2D eigenvalue weighted by molar-refractivity contribution is 0.597. The third-order valence-electron chi connectivity index (χ3n) is 14.3. The average Bonchev–Trinajstić information content (AvgIpc) is 3.20. The topological polar surface area (TPSA) is 6.48 Å². The fourth-order valence-corrected chi connectivity index (χ4v) is 11.8. The minimum absolute atomic E-state index is 0.0849. The van der Waals surface area contributed by atoms with Gasteiger partial charge in [-0.3, -0.25) is 0 Å². The van der Waals surface area contributed by atoms with Crippen molar-refractivity contribution >= 4 is 57.2 Å². The summed E-state index contributed by atoms with van der Waals surface area (Å²) in [5.41, 5.74) is 24.2. The molecule has 7 aromatic carbocycles. The molecule has 2 nitrogen and oxygen atoms in total. The van der Waals surface area contributed by atoms with Gasteiger partial charge in [-0.15, -0.1) is 0 Å². The first kappa shape index (κ1) is 31.5. The molecule has 7 aromatic rings. The highest BCUT2D eigenvalue weighted by Gasteiger charge is 2.51. The van der Waals surface area contributed by atoms with E-state index in [2.05, 4.69) is 197 Å². The van der Waals surface area contributed by atoms with Crippen molar-refractivity contribution in [2.75, 3.05) is 9.80 Å². The molecule has 4 heterocycles. The summed E-state index contributed by atoms with van der Waals surface area (Å²) < 4.78 is 0. The Balaban J connectivity index is 1.25. The van der Waals surface area contributed by atoms with Gasteiger partial charge in [0.1, 0.15) is 0 Å². The van der Waals surface area contributed by atoms with E-state index in [1.807, 2.05) is 0 Å². The van der Waals surface area contributed by atoms with Crippen molar-refractivity contribution in [2.24, 2.45) is 0 Å². The fourth-order valence-electron chi connectivity index (χ4n) is 11.8. The lowest BCUT2D eigenvalue weighted by atomic mass is 9.32. The molecule has 3 heteroatoms. The molecule has 264 valence electrons. The van der Waals surface area contributed by atoms with Gasteiger partial charge in [0, 0.05) is 44.9 Å². The summed E-state index contributed by atoms with van der Waals surface area (Å²) in [6.45, 7) is 14.6. The molecule has 12 rings (SSSR count). The molecule has 0 aromatic heterocycles. The molecular formula is C52H43BN2. The third kappa shape index (κ3) is 3.73. The van der Waals surface area contributed by atoms with Gasteiger partial charge in [0.25, 0.3) is 6.71 Å². The third-order valence-corrected chi connectivity index (χ3v) is 14.3. The minimum Gasteiger partial charge on any atom is -0.311 e. The minimum atomic E-state index is -0.152. The molecule has 0 saturated heterocycles. The zero-order chi connectivity index (χ0) is 37.2. The van der Waals surface area contributed by atoms with Crippen LogP contribution in [0.3, 0.4) is 0 Å². The van der Waals surface area contributed by atoms with Crippen LogP contribution < -0.4 is 26.2 Å². The molecule has 0 atom stereocenters. The van der Waals surface area contributed by atoms with E-state index in [0.717, 1.165) is 0 Å². The second-order valence-electron chi connectivity index (χ2n) is 18.1. The van der Waals surface area contributed by atoms with Crippen LogP contribution in [0.2, 0.25) is 0 Å². The normalized spacial score (nSPS) is 17.9. The van der Waals surface area contributed by atoms with E-state index in [1.54, 1.807) is 0 Å². The van der Waals surface area contributed by atoms with E-state index in [9.17, 15) is 0 Å². The maximum Gasteiger partial charge on any atom is 0.252 e. The van der Waals surface area contributed by atoms with Crippen LogP contribution >= 0.6 is 0 Å². The zero-order valence-corrected chi connectivity index (χ0v) is 32.4. The Labute approximate surface area is 325 Å². The Kier molecular flexibility index (Phi) is 5.90. The molecule has 0 unspecified atom stereocenters. The Morgan fingerprint density at radius 1 is 0.400 bits per heavy atom. The maximum absolute atomic E-state index is 2.66. The van der Waals surface area contributed by atoms with E-state index >= 15 is 0 Å². The number of fused-ring (bicyclic) bond motifs is 10. The second-order valence-corrected chi connectivity index (χ2v) is 18.1. The predicted molar refractivity (Wildman–Crippen MR) is 231 cm³/mol. The smallest absolute Gasteiger partial charge is 0.252 e. The Bertz CT molecular complexity index is 2660. The summed E-state index contributed by atoms with van der Waals surface area (Å²) in [4.78, 5) is 5.31. The molecular weight excluding hydrogens is 663 g/mol. The van der Waals surface area contributed by atoms with Gasteiger partial charge < -0.3 is 9.80 Å². The van der Waals surface area contributed by atoms with Gasteiger partial charge >= 0.3 is 0 Å². The SMILES string of the molecule is CC1(C)c2ccccc2C(c2cc3c4c(c2)N2c5ccccc5C(C)(C)c5cccc(c52)B4c2cccc4c2N3c2ccccc2C4(C)C)c2ccccc21. The van der Waals surface area contributed by atoms with Gasteiger partial charge in [0.15, 0.2) is 0 Å². The summed E-state index contributed by atoms with van der Waals surface area (Å²) in [5.74, 6) is 0.0849. The standard InChI is InChI=1S/C52H43BN2/c1-50(2)34-19-9-7-17-32(34)46(33-18-8-10-20-35(33)50)31-29-44-47-45(30-31)55-43-28-14-12-22-37(43)52(5,6)39-24-16-26-41(49(39)55)53(47)40-25-15-23-38-48(40)54(44)42-27-13-11-21-36(42)51(38,3)4/h7-30,46H,1-6H3. The van der Waals surface area contributed by atoms with Crippen LogP contribution in [0, 0.1) is 0 Å². The molecule has 55 heavy (non-hydrogen) atoms. The second kappa shape index (κ2) is 10.3. The highest BCUT2D eigenvalue weighted by molar-refractivity contribution is 7.00. The van der Waals surface area contributed by atoms with E-state index in [4.69, 9.17) is 0 Å². The molecule has 0 bridgehead atoms. The van der Waals surface area contributed by atoms with Crippen LogP contribution in [0.25, 0.3) is 0 Å². The number of rotatable bonds is 1. The zero-order valence-electron chi connectivity index (χ0n) is 32.4. The number of hydrogen-bond acceptors (Lipinski definition) is 2. The van der Waals surface area contributed by atoms with E-state index < -0.39 is 0 Å². The van der Waals surface area contributed by atoms with Gasteiger partial charge in [-0.25, -0.2) is 0 Å². The van der Waals surface area contributed by atoms with Gasteiger partial charge in [0.2, 0.25) is 0 Å². The van der Waals surface area contributed by atoms with Gasteiger partial charge in [-0.05, 0) is 90.7 Å². The van der Waals surface area contributed by atoms with Crippen LogP contribution in [0.1, 0.15) is 97.5 Å². The number of hydrogen-bond donors (Lipinski definition) is 0. The monoisotopic (exact) mass is 706 g/mol. The molecule has 4 aliphatic heterocycles. The van der Waals surface area contributed by atoms with Gasteiger partial charge in [-0.2, -0.15) is 0 Å². The molecule has 5 aliphatic rings. The van der Waals surface area contributed by atoms with Crippen molar-refractivity contribution in [2.45, 2.75) is 63.7 Å². The first-order valence-electron chi connectivity index (χ1n) is 20.0. The average molecular weight is 707 g/mol. The first-order valence-corrected chi connectivity index (χ1v) is 20.0. The number of para-hydroxylation sites is 4. The number of benzene rings is 7. The summed E-state index contributed by atoms with van der Waals surface area (Å²) >= 11 is 0. The summed E-state index contributed by atoms with van der Waals surface area (Å²) in [6, 6.07) is 56.2. The maximum atomic E-state index is 2.66. The highest BCUT2D eigenvalue weighted by Crippen LogP contribution is 2.58. The van der Waals surface area contributed by atoms with Crippen LogP contribution in [0.5, 0.6) is 0 Å². The molecule has 1 aliphatic carbocycles. The number of nitrogens with zero attached hydrogens (tertiary/aromatic N) is 2. The van der Waals surface area contributed by atoms with Crippen LogP contribution in [0.15, 0.2) is 146 Å². The van der Waals surface area contributed by atoms with Crippen LogP contribution in [0.4, 0.5) is 34.1 Å². The van der Waals surface area contributed by atoms with Gasteiger partial charge in [-0.1, -0.05) is 163 Å². The van der Waals surface area contributed by atoms with Crippen molar-refractivity contribution in [3.63, 3.8) is 0 Å². The van der Waals surface area contributed by atoms with E-state index in [1.165, 1.54) is 101 Å². The lowest BCUT2D eigenvalue weighted by Gasteiger charge is -2.52. The quantitative estimate of drug-likeness (QED) is 0.157. The van der Waals surface area contributed by atoms with E-state index in [0.29, 0.717) is 0 Å². The fraction of sp³-hybridized carbons (Fsp3) is 0.192. The molecule has 0 spiro atoms. The largest absolute Gasteiger partial charge is 0.311 e. The Hall–Kier alpha value is -5.80. The lowest BCUT2D eigenvalue weighted by Crippen LogP contribution is -2.63. The molecule has 0 N–H and O–H groups in total. The summed E-state index contributed by atoms with van der Waals surface area (Å²) in [5, 5.41) is 0. The predicted octanol–water partition coefficient (Wildman–Crippen LogP) is 10.9. The molecule has 0 saturated carbocycles. The molecule has 0 radical (unpaired) electrons. The van der Waals surface area contributed by atoms with Crippen molar-refractivity contribution in [3.8, 4) is 0 Å². The van der Waals surface area contributed by atoms with Crippen molar-refractivity contribution < 1.29 is 0 Å². The van der Waals surface area contributed by atoms with Gasteiger partial charge in [0.05, 0.1) is 11.4 Å². The van der Waals surface area contributed by atoms with E-state index in [-0.39, 0.29) is 28.9 Å². The van der Waals surface area contributed by atoms with Crippen molar-refractivity contribution in [3.05, 3.63) is 196 Å². The van der Waals surface area contributed by atoms with Crippen molar-refractivity contribution in [1.82, 2.24) is 0 Å². The van der Waals surface area contributed by atoms with Crippen molar-refractivity contribution in [1.29, 1.82) is 0 Å². The first-order chi connectivity index (χ1) is 26.6. The molecule has 0 fully saturated rings. The summed E-state index contributed by atoms with van der Waals surface area (Å²) in [7, 11) is 0.